The van der Waals surface area contributed by atoms with E-state index in [0.29, 0.717) is 5.56 Å². The van der Waals surface area contributed by atoms with Gasteiger partial charge in [0.25, 0.3) is 0 Å². The van der Waals surface area contributed by atoms with E-state index >= 15 is 0 Å². The van der Waals surface area contributed by atoms with Crippen LogP contribution < -0.4 is 9.64 Å². The number of benzene rings is 2. The first-order valence-electron chi connectivity index (χ1n) is 11.9. The van der Waals surface area contributed by atoms with Gasteiger partial charge in [-0.05, 0) is 57.5 Å². The molecule has 0 saturated heterocycles. The van der Waals surface area contributed by atoms with Crippen LogP contribution in [0.4, 0.5) is 5.69 Å². The molecule has 5 rings (SSSR count). The Hall–Kier alpha value is -3.47. The molecule has 0 radical (unpaired) electrons. The van der Waals surface area contributed by atoms with E-state index in [2.05, 4.69) is 61.8 Å². The lowest BCUT2D eigenvalue weighted by Crippen LogP contribution is -2.30. The number of anilines is 1. The summed E-state index contributed by atoms with van der Waals surface area (Å²) in [5.74, 6) is 1.27. The molecule has 2 aromatic carbocycles. The molecule has 0 aromatic heterocycles. The third-order valence-electron chi connectivity index (χ3n) is 6.78. The number of likely N-dealkylation sites (N-methyl/N-ethyl adjacent to an activating group) is 1. The van der Waals surface area contributed by atoms with E-state index in [-0.39, 0.29) is 5.97 Å². The topological polar surface area (TPSA) is 42.0 Å². The number of allylic oxidation sites excluding steroid dienone is 1. The zero-order valence-electron chi connectivity index (χ0n) is 19.7. The summed E-state index contributed by atoms with van der Waals surface area (Å²) in [6, 6.07) is 14.1. The van der Waals surface area contributed by atoms with Crippen LogP contribution in [0.5, 0.6) is 5.75 Å². The van der Waals surface area contributed by atoms with E-state index in [1.54, 1.807) is 0 Å². The number of nitrogens with zero attached hydrogens (tertiary/aromatic N) is 2. The van der Waals surface area contributed by atoms with Gasteiger partial charge in [-0.3, -0.25) is 0 Å². The van der Waals surface area contributed by atoms with E-state index in [0.717, 1.165) is 71.3 Å². The molecule has 5 nitrogen and oxygen atoms in total. The molecule has 1 atom stereocenters. The standard InChI is InChI=1S/C28H30N2O3/c1-5-29(6-2)18-13-14-22-23(15-18)32-24-16-19(30(7-3)8-4)17-25-27(24)26(22)20-11-9-10-12-21(20)28(31)33-25/h9-17,25H,5-8H2,1-4H3/t25-/m1/s1. The molecule has 0 N–H and O–H groups in total. The van der Waals surface area contributed by atoms with Gasteiger partial charge in [0, 0.05) is 66.4 Å². The van der Waals surface area contributed by atoms with Crippen LogP contribution >= 0.6 is 0 Å². The van der Waals surface area contributed by atoms with Crippen molar-refractivity contribution in [2.45, 2.75) is 33.8 Å². The highest BCUT2D eigenvalue weighted by Gasteiger charge is 2.39. The van der Waals surface area contributed by atoms with Crippen molar-refractivity contribution in [2.75, 3.05) is 31.1 Å². The zero-order valence-corrected chi connectivity index (χ0v) is 19.7. The van der Waals surface area contributed by atoms with Crippen LogP contribution in [0.2, 0.25) is 0 Å². The fraction of sp³-hybridized carbons (Fsp3) is 0.321. The molecule has 0 bridgehead atoms. The summed E-state index contributed by atoms with van der Waals surface area (Å²) >= 11 is 0. The van der Waals surface area contributed by atoms with Gasteiger partial charge in [-0.25, -0.2) is 4.79 Å². The van der Waals surface area contributed by atoms with Crippen LogP contribution in [-0.2, 0) is 4.74 Å². The van der Waals surface area contributed by atoms with Crippen LogP contribution in [-0.4, -0.2) is 43.2 Å². The quantitative estimate of drug-likeness (QED) is 0.561. The molecule has 5 heteroatoms. The average molecular weight is 443 g/mol. The number of carbonyl (C=O) groups excluding carboxylic acids is 1. The van der Waals surface area contributed by atoms with Crippen LogP contribution in [0.15, 0.2) is 71.6 Å². The maximum atomic E-state index is 13.1. The van der Waals surface area contributed by atoms with Gasteiger partial charge in [-0.15, -0.1) is 0 Å². The normalized spacial score (nSPS) is 18.1. The monoisotopic (exact) mass is 442 g/mol. The summed E-state index contributed by atoms with van der Waals surface area (Å²) in [7, 11) is 0. The Labute approximate surface area is 195 Å². The molecule has 3 aliphatic rings. The maximum Gasteiger partial charge on any atom is 0.339 e. The second kappa shape index (κ2) is 8.47. The summed E-state index contributed by atoms with van der Waals surface area (Å²) in [5.41, 5.74) is 6.57. The average Bonchev–Trinajstić information content (AvgIpc) is 2.96. The molecule has 2 aromatic rings. The maximum absolute atomic E-state index is 13.1. The largest absolute Gasteiger partial charge is 0.456 e. The third kappa shape index (κ3) is 3.43. The van der Waals surface area contributed by atoms with Crippen molar-refractivity contribution in [3.05, 3.63) is 88.3 Å². The molecule has 170 valence electrons. The highest BCUT2D eigenvalue weighted by atomic mass is 16.5. The summed E-state index contributed by atoms with van der Waals surface area (Å²) < 4.78 is 12.6. The molecular weight excluding hydrogens is 412 g/mol. The fourth-order valence-corrected chi connectivity index (χ4v) is 5.07. The van der Waals surface area contributed by atoms with E-state index < -0.39 is 6.10 Å². The molecule has 1 aliphatic carbocycles. The highest BCUT2D eigenvalue weighted by Crippen LogP contribution is 2.48. The molecule has 33 heavy (non-hydrogen) atoms. The number of hydrogen-bond donors (Lipinski definition) is 0. The Morgan fingerprint density at radius 3 is 2.24 bits per heavy atom. The number of esters is 1. The molecule has 0 fully saturated rings. The number of hydrogen-bond acceptors (Lipinski definition) is 5. The second-order valence-corrected chi connectivity index (χ2v) is 8.39. The van der Waals surface area contributed by atoms with Gasteiger partial charge in [0.05, 0.1) is 5.56 Å². The predicted octanol–water partition coefficient (Wildman–Crippen LogP) is 5.39. The van der Waals surface area contributed by atoms with Crippen molar-refractivity contribution >= 4 is 17.2 Å². The predicted molar refractivity (Wildman–Crippen MR) is 131 cm³/mol. The summed E-state index contributed by atoms with van der Waals surface area (Å²) in [6.07, 6.45) is 3.65. The summed E-state index contributed by atoms with van der Waals surface area (Å²) in [4.78, 5) is 17.7. The molecular formula is C28H30N2O3. The first-order chi connectivity index (χ1) is 16.1. The minimum atomic E-state index is -0.494. The van der Waals surface area contributed by atoms with Crippen LogP contribution in [0.25, 0.3) is 5.57 Å². The lowest BCUT2D eigenvalue weighted by atomic mass is 9.84. The van der Waals surface area contributed by atoms with Crippen molar-refractivity contribution < 1.29 is 14.3 Å². The van der Waals surface area contributed by atoms with Crippen molar-refractivity contribution in [3.8, 4) is 5.75 Å². The van der Waals surface area contributed by atoms with Crippen molar-refractivity contribution in [2.24, 2.45) is 0 Å². The van der Waals surface area contributed by atoms with Crippen LogP contribution in [0.3, 0.4) is 0 Å². The Morgan fingerprint density at radius 2 is 1.55 bits per heavy atom. The lowest BCUT2D eigenvalue weighted by molar-refractivity contribution is 0.0445. The molecule has 0 saturated carbocycles. The molecule has 0 spiro atoms. The first kappa shape index (κ1) is 21.4. The Bertz CT molecular complexity index is 1200. The van der Waals surface area contributed by atoms with E-state index in [9.17, 15) is 4.79 Å². The molecule has 0 unspecified atom stereocenters. The first-order valence-corrected chi connectivity index (χ1v) is 11.9. The number of carbonyl (C=O) groups is 1. The minimum absolute atomic E-state index is 0.303. The van der Waals surface area contributed by atoms with Gasteiger partial charge >= 0.3 is 5.97 Å². The minimum Gasteiger partial charge on any atom is -0.456 e. The van der Waals surface area contributed by atoms with Gasteiger partial charge in [0.15, 0.2) is 6.10 Å². The SMILES string of the molecule is CCN(CC)C1=C[C@H]2OC(=O)c3ccccc3C3=C2C(=C1)Oc1cc(N(CC)CC)ccc13. The van der Waals surface area contributed by atoms with Gasteiger partial charge in [-0.1, -0.05) is 18.2 Å². The van der Waals surface area contributed by atoms with Crippen LogP contribution in [0.1, 0.15) is 49.2 Å². The molecule has 0 amide bonds. The van der Waals surface area contributed by atoms with E-state index in [4.69, 9.17) is 9.47 Å². The van der Waals surface area contributed by atoms with Gasteiger partial charge in [-0.2, -0.15) is 0 Å². The number of fused-ring (bicyclic) bond motifs is 4. The fourth-order valence-electron chi connectivity index (χ4n) is 5.07. The highest BCUT2D eigenvalue weighted by molar-refractivity contribution is 6.03. The number of ether oxygens (including phenoxy) is 2. The van der Waals surface area contributed by atoms with E-state index in [1.165, 1.54) is 0 Å². The second-order valence-electron chi connectivity index (χ2n) is 8.39. The molecule has 2 heterocycles. The van der Waals surface area contributed by atoms with Gasteiger partial charge in [0.2, 0.25) is 0 Å². The van der Waals surface area contributed by atoms with Crippen molar-refractivity contribution in [1.82, 2.24) is 4.90 Å². The van der Waals surface area contributed by atoms with Crippen LogP contribution in [0, 0.1) is 0 Å². The summed E-state index contributed by atoms with van der Waals surface area (Å²) in [6.45, 7) is 12.1. The van der Waals surface area contributed by atoms with Crippen molar-refractivity contribution in [1.29, 1.82) is 0 Å². The third-order valence-corrected chi connectivity index (χ3v) is 6.78. The summed E-state index contributed by atoms with van der Waals surface area (Å²) in [5, 5.41) is 0. The Kier molecular flexibility index (Phi) is 5.49. The van der Waals surface area contributed by atoms with E-state index in [1.807, 2.05) is 30.3 Å². The molecule has 2 aliphatic heterocycles. The van der Waals surface area contributed by atoms with Crippen molar-refractivity contribution in [3.63, 3.8) is 0 Å². The smallest absolute Gasteiger partial charge is 0.339 e. The van der Waals surface area contributed by atoms with Gasteiger partial charge in [0.1, 0.15) is 11.5 Å². The Morgan fingerprint density at radius 1 is 0.848 bits per heavy atom. The number of rotatable bonds is 6. The Balaban J connectivity index is 1.76. The lowest BCUT2D eigenvalue weighted by Gasteiger charge is -2.34. The zero-order chi connectivity index (χ0) is 23.1. The van der Waals surface area contributed by atoms with Gasteiger partial charge < -0.3 is 19.3 Å².